The number of hydrogen-bond acceptors (Lipinski definition) is 5. The molecule has 7 nitrogen and oxygen atoms in total. The van der Waals surface area contributed by atoms with Crippen LogP contribution in [0.15, 0.2) is 30.6 Å². The van der Waals surface area contributed by atoms with Crippen LogP contribution in [-0.4, -0.2) is 64.1 Å². The Kier molecular flexibility index (Phi) is 6.80. The van der Waals surface area contributed by atoms with E-state index in [-0.39, 0.29) is 18.1 Å². The quantitative estimate of drug-likeness (QED) is 0.677. The number of imidazole rings is 1. The largest absolute Gasteiger partial charge is 0.493 e. The minimum atomic E-state index is 0.0484. The van der Waals surface area contributed by atoms with Gasteiger partial charge in [0.05, 0.1) is 19.8 Å². The molecule has 4 rings (SSSR count). The number of carbonyl (C=O) groups is 1. The van der Waals surface area contributed by atoms with Crippen LogP contribution in [0.2, 0.25) is 0 Å². The molecule has 1 aliphatic heterocycles. The van der Waals surface area contributed by atoms with E-state index in [1.165, 1.54) is 12.8 Å². The van der Waals surface area contributed by atoms with E-state index in [1.807, 2.05) is 35.5 Å². The predicted octanol–water partition coefficient (Wildman–Crippen LogP) is 3.58. The van der Waals surface area contributed by atoms with E-state index < -0.39 is 0 Å². The molecule has 1 aromatic carbocycles. The third-order valence-electron chi connectivity index (χ3n) is 6.55. The molecule has 0 radical (unpaired) electrons. The van der Waals surface area contributed by atoms with Crippen molar-refractivity contribution in [2.24, 2.45) is 0 Å². The van der Waals surface area contributed by atoms with E-state index >= 15 is 0 Å². The van der Waals surface area contributed by atoms with Crippen LogP contribution < -0.4 is 9.47 Å². The van der Waals surface area contributed by atoms with E-state index in [0.717, 1.165) is 44.0 Å². The van der Waals surface area contributed by atoms with Crippen molar-refractivity contribution < 1.29 is 14.3 Å². The summed E-state index contributed by atoms with van der Waals surface area (Å²) in [5.41, 5.74) is 0.651. The average molecular weight is 427 g/mol. The molecule has 0 N–H and O–H groups in total. The Balaban J connectivity index is 1.39. The van der Waals surface area contributed by atoms with Crippen molar-refractivity contribution in [1.82, 2.24) is 19.4 Å². The minimum Gasteiger partial charge on any atom is -0.493 e. The summed E-state index contributed by atoms with van der Waals surface area (Å²) in [6, 6.07) is 5.84. The number of carbonyl (C=O) groups excluding carboxylic acids is 1. The molecule has 2 fully saturated rings. The summed E-state index contributed by atoms with van der Waals surface area (Å²) in [7, 11) is 1.63. The third-order valence-corrected chi connectivity index (χ3v) is 6.55. The van der Waals surface area contributed by atoms with Crippen LogP contribution in [-0.2, 0) is 13.1 Å². The maximum Gasteiger partial charge on any atom is 0.254 e. The van der Waals surface area contributed by atoms with Gasteiger partial charge in [-0.2, -0.15) is 0 Å². The van der Waals surface area contributed by atoms with Crippen LogP contribution in [0.4, 0.5) is 0 Å². The summed E-state index contributed by atoms with van der Waals surface area (Å²) in [6.45, 7) is 8.29. The van der Waals surface area contributed by atoms with Gasteiger partial charge < -0.3 is 18.9 Å². The summed E-state index contributed by atoms with van der Waals surface area (Å²) in [4.78, 5) is 22.0. The molecule has 1 unspecified atom stereocenters. The summed E-state index contributed by atoms with van der Waals surface area (Å²) in [5, 5.41) is 0. The summed E-state index contributed by atoms with van der Waals surface area (Å²) < 4.78 is 13.8. The van der Waals surface area contributed by atoms with E-state index in [0.29, 0.717) is 24.4 Å². The fourth-order valence-electron chi connectivity index (χ4n) is 4.64. The van der Waals surface area contributed by atoms with Crippen molar-refractivity contribution in [1.29, 1.82) is 0 Å². The van der Waals surface area contributed by atoms with Crippen molar-refractivity contribution in [3.63, 3.8) is 0 Å². The van der Waals surface area contributed by atoms with Crippen molar-refractivity contribution in [2.75, 3.05) is 26.7 Å². The lowest BCUT2D eigenvalue weighted by Crippen LogP contribution is -2.53. The Labute approximate surface area is 184 Å². The molecule has 1 saturated carbocycles. The summed E-state index contributed by atoms with van der Waals surface area (Å²) >= 11 is 0. The second-order valence-corrected chi connectivity index (χ2v) is 8.59. The van der Waals surface area contributed by atoms with Gasteiger partial charge in [-0.05, 0) is 57.7 Å². The number of methoxy groups -OCH3 is 1. The zero-order chi connectivity index (χ0) is 21.8. The molecule has 1 aliphatic carbocycles. The van der Waals surface area contributed by atoms with E-state index in [2.05, 4.69) is 28.3 Å². The molecule has 1 saturated heterocycles. The topological polar surface area (TPSA) is 59.8 Å². The molecular weight excluding hydrogens is 392 g/mol. The first-order chi connectivity index (χ1) is 15.1. The van der Waals surface area contributed by atoms with Gasteiger partial charge in [0.2, 0.25) is 0 Å². The molecule has 2 heterocycles. The van der Waals surface area contributed by atoms with Gasteiger partial charge >= 0.3 is 0 Å². The van der Waals surface area contributed by atoms with Gasteiger partial charge in [0.15, 0.2) is 11.5 Å². The fraction of sp³-hybridized carbons (Fsp3) is 0.583. The maximum absolute atomic E-state index is 13.2. The lowest BCUT2D eigenvalue weighted by Gasteiger charge is -2.39. The number of rotatable bonds is 7. The number of hydrogen-bond donors (Lipinski definition) is 0. The monoisotopic (exact) mass is 426 g/mol. The van der Waals surface area contributed by atoms with Crippen LogP contribution in [0.5, 0.6) is 11.5 Å². The maximum atomic E-state index is 13.2. The van der Waals surface area contributed by atoms with Crippen molar-refractivity contribution >= 4 is 5.91 Å². The minimum absolute atomic E-state index is 0.0484. The van der Waals surface area contributed by atoms with Gasteiger partial charge in [-0.25, -0.2) is 4.98 Å². The third kappa shape index (κ3) is 4.87. The molecule has 1 atom stereocenters. The zero-order valence-corrected chi connectivity index (χ0v) is 18.9. The molecular formula is C24H34N4O3. The number of benzene rings is 1. The smallest absolute Gasteiger partial charge is 0.254 e. The second kappa shape index (κ2) is 9.73. The lowest BCUT2D eigenvalue weighted by molar-refractivity contribution is 0.0485. The van der Waals surface area contributed by atoms with Gasteiger partial charge in [-0.15, -0.1) is 0 Å². The van der Waals surface area contributed by atoms with Crippen LogP contribution in [0.3, 0.4) is 0 Å². The first kappa shape index (κ1) is 21.7. The first-order valence-electron chi connectivity index (χ1n) is 11.5. The molecule has 1 amide bonds. The Morgan fingerprint density at radius 2 is 2.00 bits per heavy atom. The number of amides is 1. The molecule has 2 aliphatic rings. The summed E-state index contributed by atoms with van der Waals surface area (Å²) in [6.07, 6.45) is 8.74. The van der Waals surface area contributed by atoms with Crippen LogP contribution in [0.25, 0.3) is 0 Å². The predicted molar refractivity (Wildman–Crippen MR) is 120 cm³/mol. The number of nitrogens with zero attached hydrogens (tertiary/aromatic N) is 4. The van der Waals surface area contributed by atoms with Gasteiger partial charge in [0, 0.05) is 50.2 Å². The van der Waals surface area contributed by atoms with E-state index in [1.54, 1.807) is 7.11 Å². The molecule has 0 bridgehead atoms. The highest BCUT2D eigenvalue weighted by Gasteiger charge is 2.29. The molecule has 7 heteroatoms. The number of ether oxygens (including phenoxy) is 2. The van der Waals surface area contributed by atoms with E-state index in [9.17, 15) is 4.79 Å². The Bertz CT molecular complexity index is 891. The van der Waals surface area contributed by atoms with Crippen molar-refractivity contribution in [3.8, 4) is 11.5 Å². The highest BCUT2D eigenvalue weighted by molar-refractivity contribution is 5.95. The molecule has 31 heavy (non-hydrogen) atoms. The second-order valence-electron chi connectivity index (χ2n) is 8.59. The summed E-state index contributed by atoms with van der Waals surface area (Å²) in [5.74, 6) is 2.50. The fourth-order valence-corrected chi connectivity index (χ4v) is 4.64. The SMILES string of the molecule is CCn1ccnc1CN1CCN(C(=O)c2ccc(OC3CCCC3)c(OC)c2)CC1C. The van der Waals surface area contributed by atoms with Crippen molar-refractivity contribution in [3.05, 3.63) is 42.0 Å². The number of piperazine rings is 1. The molecule has 1 aromatic heterocycles. The highest BCUT2D eigenvalue weighted by Crippen LogP contribution is 2.33. The molecule has 0 spiro atoms. The van der Waals surface area contributed by atoms with Gasteiger partial charge in [0.25, 0.3) is 5.91 Å². The Hall–Kier alpha value is -2.54. The van der Waals surface area contributed by atoms with Crippen LogP contribution >= 0.6 is 0 Å². The zero-order valence-electron chi connectivity index (χ0n) is 18.9. The van der Waals surface area contributed by atoms with Crippen LogP contribution in [0.1, 0.15) is 55.7 Å². The molecule has 168 valence electrons. The highest BCUT2D eigenvalue weighted by atomic mass is 16.5. The number of aromatic nitrogens is 2. The standard InChI is InChI=1S/C24H34N4O3/c1-4-26-12-11-25-23(26)17-27-13-14-28(16-18(27)2)24(29)19-9-10-21(22(15-19)30-3)31-20-7-5-6-8-20/h9-12,15,18,20H,4-8,13-14,16-17H2,1-3H3. The van der Waals surface area contributed by atoms with E-state index in [4.69, 9.17) is 9.47 Å². The first-order valence-corrected chi connectivity index (χ1v) is 11.5. The van der Waals surface area contributed by atoms with Crippen LogP contribution in [0, 0.1) is 0 Å². The molecule has 2 aromatic rings. The average Bonchev–Trinajstić information content (AvgIpc) is 3.46. The van der Waals surface area contributed by atoms with Crippen molar-refractivity contribution in [2.45, 2.75) is 64.8 Å². The van der Waals surface area contributed by atoms with Gasteiger partial charge in [-0.1, -0.05) is 0 Å². The Morgan fingerprint density at radius 3 is 2.71 bits per heavy atom. The number of aryl methyl sites for hydroxylation is 1. The van der Waals surface area contributed by atoms with Gasteiger partial charge in [0.1, 0.15) is 5.82 Å². The lowest BCUT2D eigenvalue weighted by atomic mass is 10.1. The Morgan fingerprint density at radius 1 is 1.19 bits per heavy atom. The van der Waals surface area contributed by atoms with Gasteiger partial charge in [-0.3, -0.25) is 9.69 Å². The normalized spacial score (nSPS) is 20.2.